The van der Waals surface area contributed by atoms with Crippen LogP contribution in [0.3, 0.4) is 0 Å². The van der Waals surface area contributed by atoms with Gasteiger partial charge in [0.2, 0.25) is 41.4 Å². The Morgan fingerprint density at radius 1 is 0.519 bits per heavy atom. The van der Waals surface area contributed by atoms with E-state index < -0.39 is 126 Å². The average molecular weight is 1090 g/mol. The first-order chi connectivity index (χ1) is 36.3. The lowest BCUT2D eigenvalue weighted by Crippen LogP contribution is -2.61. The van der Waals surface area contributed by atoms with Gasteiger partial charge in [-0.05, 0) is 74.5 Å². The Morgan fingerprint density at radius 3 is 1.39 bits per heavy atom. The number of aliphatic carboxylic acids is 1. The molecule has 8 atom stereocenters. The predicted octanol–water partition coefficient (Wildman–Crippen LogP) is 5.29. The molecule has 0 aliphatic carbocycles. The molecule has 21 heteroatoms. The minimum atomic E-state index is -1.72. The van der Waals surface area contributed by atoms with E-state index in [1.807, 2.05) is 41.5 Å². The van der Waals surface area contributed by atoms with Crippen LogP contribution in [0.25, 0.3) is 0 Å². The lowest BCUT2D eigenvalue weighted by Gasteiger charge is -2.29. The zero-order chi connectivity index (χ0) is 58.2. The molecule has 0 aromatic heterocycles. The highest BCUT2D eigenvalue weighted by Gasteiger charge is 2.37. The number of carboxylic acid groups (broad SMARTS) is 1. The number of methoxy groups -OCH3 is 1. The molecule has 0 bridgehead atoms. The Hall–Kier alpha value is -5.34. The van der Waals surface area contributed by atoms with Crippen molar-refractivity contribution in [2.45, 2.75) is 247 Å². The summed E-state index contributed by atoms with van der Waals surface area (Å²) in [7, 11) is 1.44. The Labute approximate surface area is 458 Å². The van der Waals surface area contributed by atoms with E-state index in [1.165, 1.54) is 32.8 Å². The summed E-state index contributed by atoms with van der Waals surface area (Å²) in [5, 5.41) is 28.6. The minimum Gasteiger partial charge on any atom is -0.481 e. The van der Waals surface area contributed by atoms with Gasteiger partial charge >= 0.3 is 17.9 Å². The number of carbonyl (C=O) groups excluding carboxylic acids is 9. The highest BCUT2D eigenvalue weighted by Crippen LogP contribution is 2.19. The van der Waals surface area contributed by atoms with Crippen LogP contribution < -0.4 is 37.2 Å². The number of unbranched alkanes of at least 4 members (excludes halogenated alkanes) is 9. The molecule has 1 aliphatic rings. The van der Waals surface area contributed by atoms with Crippen LogP contribution in [0.2, 0.25) is 0 Å². The SMILES string of the molecule is CCCCCCCCCCCCC1CC(=O)N[C@@H](CCC(=O)OCCOC)C(=O)NC(CC(C)C)C(=O)N[C@H](CC(C)C)C(=O)N[C@@H](C(C)C)C(=O)NC(CC(=O)O)C(=O)N[C@H](CC(C)C)C(=O)NC(CC(C)C)C(=O)O1. The smallest absolute Gasteiger partial charge is 0.328 e. The van der Waals surface area contributed by atoms with Crippen molar-refractivity contribution in [1.82, 2.24) is 37.2 Å². The van der Waals surface area contributed by atoms with Crippen LogP contribution in [0.5, 0.6) is 0 Å². The second-order valence-corrected chi connectivity index (χ2v) is 22.8. The summed E-state index contributed by atoms with van der Waals surface area (Å²) < 4.78 is 16.3. The molecule has 0 saturated carbocycles. The molecule has 0 aromatic carbocycles. The number of ether oxygens (including phenoxy) is 3. The van der Waals surface area contributed by atoms with Crippen LogP contribution in [0.1, 0.15) is 198 Å². The topological polar surface area (TPSA) is 303 Å². The second-order valence-electron chi connectivity index (χ2n) is 22.8. The largest absolute Gasteiger partial charge is 0.481 e. The molecule has 0 spiro atoms. The molecule has 21 nitrogen and oxygen atoms in total. The van der Waals surface area contributed by atoms with Gasteiger partial charge in [0.25, 0.3) is 0 Å². The molecular formula is C56H99N7O14. The highest BCUT2D eigenvalue weighted by atomic mass is 16.6. The first kappa shape index (κ1) is 69.7. The van der Waals surface area contributed by atoms with Gasteiger partial charge in [-0.3, -0.25) is 43.2 Å². The number of hydrogen-bond donors (Lipinski definition) is 8. The van der Waals surface area contributed by atoms with Gasteiger partial charge in [0.1, 0.15) is 55.0 Å². The van der Waals surface area contributed by atoms with Crippen molar-refractivity contribution in [3.63, 3.8) is 0 Å². The van der Waals surface area contributed by atoms with Crippen molar-refractivity contribution in [1.29, 1.82) is 0 Å². The van der Waals surface area contributed by atoms with Gasteiger partial charge < -0.3 is 56.5 Å². The van der Waals surface area contributed by atoms with E-state index in [0.29, 0.717) is 6.42 Å². The summed E-state index contributed by atoms with van der Waals surface area (Å²) in [4.78, 5) is 139. The monoisotopic (exact) mass is 1090 g/mol. The van der Waals surface area contributed by atoms with Crippen LogP contribution in [-0.2, 0) is 62.2 Å². The third kappa shape index (κ3) is 30.4. The van der Waals surface area contributed by atoms with Gasteiger partial charge in [-0.2, -0.15) is 0 Å². The fourth-order valence-electron chi connectivity index (χ4n) is 8.93. The van der Waals surface area contributed by atoms with E-state index in [0.717, 1.165) is 32.1 Å². The lowest BCUT2D eigenvalue weighted by atomic mass is 9.98. The number of cyclic esters (lactones) is 1. The van der Waals surface area contributed by atoms with E-state index in [1.54, 1.807) is 27.7 Å². The van der Waals surface area contributed by atoms with E-state index in [2.05, 4.69) is 44.1 Å². The maximum atomic E-state index is 14.4. The van der Waals surface area contributed by atoms with Crippen LogP contribution in [0.15, 0.2) is 0 Å². The quantitative estimate of drug-likeness (QED) is 0.0365. The highest BCUT2D eigenvalue weighted by molar-refractivity contribution is 5.98. The van der Waals surface area contributed by atoms with Crippen LogP contribution in [-0.4, -0.2) is 133 Å². The van der Waals surface area contributed by atoms with Crippen molar-refractivity contribution >= 4 is 59.3 Å². The molecule has 7 amide bonds. The van der Waals surface area contributed by atoms with E-state index in [-0.39, 0.29) is 81.8 Å². The minimum absolute atomic E-state index is 0.0432. The van der Waals surface area contributed by atoms with Gasteiger partial charge in [0.15, 0.2) is 0 Å². The third-order valence-corrected chi connectivity index (χ3v) is 13.0. The summed E-state index contributed by atoms with van der Waals surface area (Å²) in [6, 6.07) is -9.56. The third-order valence-electron chi connectivity index (χ3n) is 13.0. The molecule has 1 fully saturated rings. The molecule has 0 aromatic rings. The number of carboxylic acids is 1. The molecule has 1 heterocycles. The lowest BCUT2D eigenvalue weighted by molar-refractivity contribution is -0.155. The molecule has 8 N–H and O–H groups in total. The Kier molecular flexibility index (Phi) is 34.6. The molecule has 4 unspecified atom stereocenters. The van der Waals surface area contributed by atoms with Crippen LogP contribution in [0.4, 0.5) is 0 Å². The van der Waals surface area contributed by atoms with Gasteiger partial charge in [-0.15, -0.1) is 0 Å². The molecular weight excluding hydrogens is 995 g/mol. The number of nitrogens with one attached hydrogen (secondary N) is 7. The maximum absolute atomic E-state index is 14.4. The Balaban J connectivity index is 4.01. The fraction of sp³-hybridized carbons (Fsp3) is 0.821. The van der Waals surface area contributed by atoms with Gasteiger partial charge in [0.05, 0.1) is 19.4 Å². The Morgan fingerprint density at radius 2 is 0.935 bits per heavy atom. The summed E-state index contributed by atoms with van der Waals surface area (Å²) in [6.45, 7) is 20.0. The van der Waals surface area contributed by atoms with Gasteiger partial charge in [-0.25, -0.2) is 4.79 Å². The Bertz CT molecular complexity index is 1860. The van der Waals surface area contributed by atoms with Gasteiger partial charge in [0, 0.05) is 13.5 Å². The molecule has 1 aliphatic heterocycles. The van der Waals surface area contributed by atoms with Crippen molar-refractivity contribution in [2.75, 3.05) is 20.3 Å². The predicted molar refractivity (Wildman–Crippen MR) is 291 cm³/mol. The van der Waals surface area contributed by atoms with Crippen molar-refractivity contribution in [3.8, 4) is 0 Å². The zero-order valence-electron chi connectivity index (χ0n) is 48.6. The molecule has 77 heavy (non-hydrogen) atoms. The van der Waals surface area contributed by atoms with Crippen molar-refractivity contribution in [2.24, 2.45) is 29.6 Å². The summed E-state index contributed by atoms with van der Waals surface area (Å²) >= 11 is 0. The molecule has 0 radical (unpaired) electrons. The van der Waals surface area contributed by atoms with Crippen molar-refractivity contribution < 1.29 is 67.3 Å². The summed E-state index contributed by atoms with van der Waals surface area (Å²) in [6.07, 6.45) is 7.95. The summed E-state index contributed by atoms with van der Waals surface area (Å²) in [5.74, 6) is -10.0. The van der Waals surface area contributed by atoms with E-state index >= 15 is 0 Å². The molecule has 1 rings (SSSR count). The first-order valence-corrected chi connectivity index (χ1v) is 28.5. The maximum Gasteiger partial charge on any atom is 0.328 e. The number of carbonyl (C=O) groups is 10. The van der Waals surface area contributed by atoms with E-state index in [4.69, 9.17) is 14.2 Å². The van der Waals surface area contributed by atoms with Crippen molar-refractivity contribution in [3.05, 3.63) is 0 Å². The number of amides is 7. The van der Waals surface area contributed by atoms with Crippen LogP contribution in [0, 0.1) is 29.6 Å². The van der Waals surface area contributed by atoms with Gasteiger partial charge in [-0.1, -0.05) is 134 Å². The second kappa shape index (κ2) is 38.3. The van der Waals surface area contributed by atoms with E-state index in [9.17, 15) is 53.1 Å². The normalized spacial score (nSPS) is 23.3. The standard InChI is InChI=1S/C56H99N7O14/c1-13-14-15-16-17-18-19-20-21-22-23-39-32-46(64)57-40(24-25-48(67)76-27-26-75-12)50(68)58-41(28-34(2)3)51(69)60-43(30-36(6)7)54(72)63-49(38(10)11)55(73)61-44(33-47(65)66)53(71)59-42(29-35(4)5)52(70)62-45(31-37(8)9)56(74)77-39/h34-45,49H,13-33H2,1-12H3,(H,57,64)(H,58,68)(H,59,71)(H,60,69)(H,61,73)(H,62,70)(H,63,72)(H,65,66)/t39?,40-,41?,42+,43+,44?,45?,49-/m0/s1. The number of hydrogen-bond acceptors (Lipinski definition) is 13. The number of rotatable bonds is 28. The summed E-state index contributed by atoms with van der Waals surface area (Å²) in [5.41, 5.74) is 0. The number of esters is 2. The van der Waals surface area contributed by atoms with Crippen LogP contribution >= 0.6 is 0 Å². The zero-order valence-corrected chi connectivity index (χ0v) is 48.6. The average Bonchev–Trinajstić information content (AvgIpc) is 3.32. The molecule has 1 saturated heterocycles. The fourth-order valence-corrected chi connectivity index (χ4v) is 8.93. The first-order valence-electron chi connectivity index (χ1n) is 28.5. The molecule has 442 valence electrons.